The fraction of sp³-hybridized carbons (Fsp3) is 1.00. The summed E-state index contributed by atoms with van der Waals surface area (Å²) in [4.78, 5) is 12.7. The van der Waals surface area contributed by atoms with Crippen LogP contribution in [0.1, 0.15) is 19.8 Å². The third-order valence-corrected chi connectivity index (χ3v) is 59.8. The molecule has 0 amide bonds. The maximum atomic E-state index is 6.86. The van der Waals surface area contributed by atoms with Crippen molar-refractivity contribution in [2.24, 2.45) is 5.73 Å². The molecule has 0 aliphatic carbocycles. The number of hydrogen-bond donors (Lipinski definition) is 1. The Labute approximate surface area is 108 Å². The van der Waals surface area contributed by atoms with E-state index in [4.69, 9.17) is 5.73 Å². The molecule has 1 nitrogen and oxygen atoms in total. The summed E-state index contributed by atoms with van der Waals surface area (Å²) >= 11 is 0. The van der Waals surface area contributed by atoms with Crippen molar-refractivity contribution in [3.05, 3.63) is 0 Å². The molecule has 108 valence electrons. The predicted molar refractivity (Wildman–Crippen MR) is 79.3 cm³/mol. The van der Waals surface area contributed by atoms with E-state index in [2.05, 4.69) is 20.0 Å². The van der Waals surface area contributed by atoms with Gasteiger partial charge in [-0.2, -0.15) is 0 Å². The Morgan fingerprint density at radius 3 is 1.47 bits per heavy atom. The van der Waals surface area contributed by atoms with E-state index in [-0.39, 0.29) is 8.80 Å². The van der Waals surface area contributed by atoms with E-state index in [9.17, 15) is 0 Å². The van der Waals surface area contributed by atoms with Gasteiger partial charge in [0.2, 0.25) is 0 Å². The molecular formula is C16H27FeNSi. The number of unbranched alkanes of at least 4 members (excludes halogenated alkanes) is 1. The molecule has 3 heteroatoms. The predicted octanol–water partition coefficient (Wildman–Crippen LogP) is 4.52. The molecular weight excluding hydrogens is 290 g/mol. The summed E-state index contributed by atoms with van der Waals surface area (Å²) in [5.41, 5.74) is 6.86. The van der Waals surface area contributed by atoms with Crippen LogP contribution >= 0.6 is 0 Å². The summed E-state index contributed by atoms with van der Waals surface area (Å²) in [6.07, 6.45) is 2.84. The van der Waals surface area contributed by atoms with Gasteiger partial charge in [0.05, 0.1) is 0 Å². The number of rotatable bonds is 3. The topological polar surface area (TPSA) is 26.0 Å². The van der Waals surface area contributed by atoms with Crippen LogP contribution < -0.4 is 5.73 Å². The molecule has 10 aliphatic heterocycles. The van der Waals surface area contributed by atoms with Crippen molar-refractivity contribution in [3.63, 3.8) is 0 Å². The minimum absolute atomic E-state index is 0.188. The Bertz CT molecular complexity index is 853. The summed E-state index contributed by atoms with van der Waals surface area (Å²) in [6, 6.07) is 1.54. The van der Waals surface area contributed by atoms with Gasteiger partial charge in [0.25, 0.3) is 0 Å². The van der Waals surface area contributed by atoms with E-state index in [1.165, 1.54) is 62.2 Å². The number of hydrogen-bond acceptors (Lipinski definition) is 1. The molecule has 10 fully saturated rings. The quantitative estimate of drug-likeness (QED) is 0.761. The third kappa shape index (κ3) is 0.110. The van der Waals surface area contributed by atoms with Gasteiger partial charge in [-0.3, -0.25) is 0 Å². The van der Waals surface area contributed by atoms with Crippen LogP contribution in [-0.2, 0) is 6.51 Å². The molecule has 10 aliphatic rings. The first-order valence-corrected chi connectivity index (χ1v) is 18.2. The normalized spacial score (nSPS) is 107. The molecule has 4 unspecified atom stereocenters. The Morgan fingerprint density at radius 1 is 0.947 bits per heavy atom. The van der Waals surface area contributed by atoms with E-state index in [0.717, 1.165) is 0 Å². The van der Waals surface area contributed by atoms with E-state index in [0.29, 0.717) is 4.44 Å². The fourth-order valence-electron chi connectivity index (χ4n) is 16.9. The standard InChI is InChI=1S/C6H16Si.C5H6N.C5H5.Fe/c1-4-5-6-7(2)3;6-5-3-1-2-4-5;1-2-4-5-3-1;/h7H,4-6H2,1-3H3;1-4H,6H2;1-5H;. The fourth-order valence-corrected chi connectivity index (χ4v) is 90.7. The molecule has 0 aromatic heterocycles. The molecule has 0 saturated carbocycles. The molecule has 2 N–H and O–H groups in total. The van der Waals surface area contributed by atoms with Crippen molar-refractivity contribution in [1.29, 1.82) is 0 Å². The van der Waals surface area contributed by atoms with E-state index in [1.54, 1.807) is 0 Å². The summed E-state index contributed by atoms with van der Waals surface area (Å²) in [7, 11) is -0.188. The summed E-state index contributed by atoms with van der Waals surface area (Å²) in [6.45, 7) is 4.41. The van der Waals surface area contributed by atoms with Gasteiger partial charge in [-0.25, -0.2) is 0 Å². The number of fused-ring (bicyclic) bond motifs is 10. The molecule has 0 aromatic rings. The van der Waals surface area contributed by atoms with Gasteiger partial charge < -0.3 is 0 Å². The van der Waals surface area contributed by atoms with Gasteiger partial charge in [0, 0.05) is 8.80 Å². The SMILES string of the molecule is CCCC[SiH](C)C.N[C]12[CH]3[CH]4[CH]5[CH]1[Fe]45321678[CH]2[CH]1[CH]6[CH]7[CH]28. The molecule has 0 radical (unpaired) electrons. The van der Waals surface area contributed by atoms with E-state index >= 15 is 0 Å². The van der Waals surface area contributed by atoms with Gasteiger partial charge in [-0.05, 0) is 0 Å². The van der Waals surface area contributed by atoms with Gasteiger partial charge in [0.1, 0.15) is 0 Å². The van der Waals surface area contributed by atoms with Gasteiger partial charge in [-0.1, -0.05) is 38.9 Å². The first-order valence-electron chi connectivity index (χ1n) is 8.82. The summed E-state index contributed by atoms with van der Waals surface area (Å²) in [5, 5.41) is 0. The van der Waals surface area contributed by atoms with Crippen LogP contribution in [0, 0.1) is 0 Å². The monoisotopic (exact) mass is 317 g/mol. The molecule has 1 spiro atoms. The van der Waals surface area contributed by atoms with Crippen LogP contribution in [0.5, 0.6) is 0 Å². The third-order valence-electron chi connectivity index (χ3n) is 15.9. The van der Waals surface area contributed by atoms with Gasteiger partial charge >= 0.3 is 60.0 Å². The summed E-state index contributed by atoms with van der Waals surface area (Å²) in [5.74, 6) is 0. The van der Waals surface area contributed by atoms with Crippen molar-refractivity contribution in [1.82, 2.24) is 0 Å². The first-order chi connectivity index (χ1) is 8.82. The van der Waals surface area contributed by atoms with Crippen LogP contribution in [0.25, 0.3) is 0 Å². The zero-order chi connectivity index (χ0) is 12.7. The Hall–Kier alpha value is 0.696. The van der Waals surface area contributed by atoms with E-state index in [1.807, 2.05) is 0 Å². The van der Waals surface area contributed by atoms with Crippen molar-refractivity contribution >= 4 is 8.80 Å². The molecule has 0 aromatic carbocycles. The Balaban J connectivity index is 0.0000000945. The molecule has 10 heterocycles. The van der Waals surface area contributed by atoms with Crippen molar-refractivity contribution in [2.45, 2.75) is 86.7 Å². The van der Waals surface area contributed by atoms with Crippen LogP contribution in [0.4, 0.5) is 0 Å². The van der Waals surface area contributed by atoms with Gasteiger partial charge in [0.15, 0.2) is 0 Å². The van der Waals surface area contributed by atoms with Gasteiger partial charge in [-0.15, -0.1) is 0 Å². The second-order valence-electron chi connectivity index (χ2n) is 12.3. The minimum atomic E-state index is -2.67. The average Bonchev–Trinajstić information content (AvgIpc) is 3.30. The second kappa shape index (κ2) is 0.816. The van der Waals surface area contributed by atoms with E-state index < -0.39 is 6.51 Å². The number of nitrogens with two attached hydrogens (primary N) is 1. The second-order valence-corrected chi connectivity index (χ2v) is 39.2. The van der Waals surface area contributed by atoms with Crippen molar-refractivity contribution in [3.8, 4) is 0 Å². The molecule has 4 atom stereocenters. The van der Waals surface area contributed by atoms with Crippen LogP contribution in [0.2, 0.25) is 62.5 Å². The molecule has 0 bridgehead atoms. The Kier molecular flexibility index (Phi) is 0.386. The van der Waals surface area contributed by atoms with Crippen LogP contribution in [-0.4, -0.2) is 13.2 Å². The first kappa shape index (κ1) is 8.98. The zero-order valence-electron chi connectivity index (χ0n) is 12.3. The molecule has 10 rings (SSSR count). The van der Waals surface area contributed by atoms with Crippen molar-refractivity contribution in [2.75, 3.05) is 0 Å². The Morgan fingerprint density at radius 2 is 1.42 bits per heavy atom. The zero-order valence-corrected chi connectivity index (χ0v) is 14.6. The van der Waals surface area contributed by atoms with Crippen LogP contribution in [0.15, 0.2) is 0 Å². The van der Waals surface area contributed by atoms with Crippen molar-refractivity contribution < 1.29 is 6.51 Å². The molecule has 10 saturated heterocycles. The maximum absolute atomic E-state index is 6.86. The summed E-state index contributed by atoms with van der Waals surface area (Å²) < 4.78 is 0.694. The average molecular weight is 317 g/mol. The van der Waals surface area contributed by atoms with Crippen LogP contribution in [0.3, 0.4) is 0 Å². The molecule has 19 heavy (non-hydrogen) atoms.